The normalized spacial score (nSPS) is 14.0. The van der Waals surface area contributed by atoms with Crippen molar-refractivity contribution in [3.8, 4) is 0 Å². The van der Waals surface area contributed by atoms with Gasteiger partial charge in [0, 0.05) is 28.7 Å². The van der Waals surface area contributed by atoms with Crippen LogP contribution < -0.4 is 4.31 Å². The minimum Gasteiger partial charge on any atom is -0.331 e. The standard InChI is InChI=1S/C30H26BrClN2O3S/c1-33(29(22-11-15-25(31)16-12-22)23-13-17-26(32)18-14-23)30(35)24-7-4-9-27(20-24)38(36,37)34-19-5-8-21-6-2-3-10-28(21)34/h2-4,6-7,9-18,20,29H,5,8,19H2,1H3. The van der Waals surface area contributed by atoms with E-state index >= 15 is 0 Å². The van der Waals surface area contributed by atoms with Crippen LogP contribution in [0.1, 0.15) is 39.5 Å². The average Bonchev–Trinajstić information content (AvgIpc) is 2.94. The summed E-state index contributed by atoms with van der Waals surface area (Å²) in [6.07, 6.45) is 1.58. The summed E-state index contributed by atoms with van der Waals surface area (Å²) in [5.74, 6) is -0.288. The molecule has 0 bridgehead atoms. The van der Waals surface area contributed by atoms with Crippen molar-refractivity contribution in [1.29, 1.82) is 0 Å². The Bertz CT molecular complexity index is 1530. The Morgan fingerprint density at radius 3 is 2.29 bits per heavy atom. The minimum absolute atomic E-state index is 0.0973. The van der Waals surface area contributed by atoms with Gasteiger partial charge in [-0.2, -0.15) is 0 Å². The Hall–Kier alpha value is -3.13. The van der Waals surface area contributed by atoms with Crippen LogP contribution in [0.25, 0.3) is 0 Å². The summed E-state index contributed by atoms with van der Waals surface area (Å²) in [6, 6.07) is 28.6. The molecule has 1 atom stereocenters. The quantitative estimate of drug-likeness (QED) is 0.234. The third-order valence-corrected chi connectivity index (χ3v) is 9.41. The van der Waals surface area contributed by atoms with Gasteiger partial charge in [0.05, 0.1) is 16.6 Å². The van der Waals surface area contributed by atoms with Crippen molar-refractivity contribution in [3.05, 3.63) is 129 Å². The van der Waals surface area contributed by atoms with E-state index < -0.39 is 16.1 Å². The molecule has 0 spiro atoms. The van der Waals surface area contributed by atoms with Crippen molar-refractivity contribution in [2.45, 2.75) is 23.8 Å². The van der Waals surface area contributed by atoms with Crippen molar-refractivity contribution >= 4 is 49.1 Å². The van der Waals surface area contributed by atoms with Crippen molar-refractivity contribution in [2.75, 3.05) is 17.9 Å². The van der Waals surface area contributed by atoms with Crippen molar-refractivity contribution in [1.82, 2.24) is 4.90 Å². The van der Waals surface area contributed by atoms with Gasteiger partial charge in [0.2, 0.25) is 0 Å². The van der Waals surface area contributed by atoms with Gasteiger partial charge in [-0.3, -0.25) is 9.10 Å². The molecule has 1 aliphatic heterocycles. The topological polar surface area (TPSA) is 57.7 Å². The van der Waals surface area contributed by atoms with Crippen LogP contribution in [0, 0.1) is 0 Å². The zero-order valence-electron chi connectivity index (χ0n) is 20.7. The highest BCUT2D eigenvalue weighted by molar-refractivity contribution is 9.10. The van der Waals surface area contributed by atoms with E-state index in [1.54, 1.807) is 42.3 Å². The van der Waals surface area contributed by atoms with E-state index in [2.05, 4.69) is 15.9 Å². The molecular formula is C30H26BrClN2O3S. The number of hydrogen-bond donors (Lipinski definition) is 0. The van der Waals surface area contributed by atoms with Gasteiger partial charge in [-0.15, -0.1) is 0 Å². The molecule has 5 nitrogen and oxygen atoms in total. The number of benzene rings is 4. The molecule has 38 heavy (non-hydrogen) atoms. The van der Waals surface area contributed by atoms with E-state index in [1.807, 2.05) is 60.7 Å². The molecule has 0 aliphatic carbocycles. The Morgan fingerprint density at radius 1 is 0.921 bits per heavy atom. The zero-order chi connectivity index (χ0) is 26.9. The molecule has 1 amide bonds. The number of aryl methyl sites for hydroxylation is 1. The van der Waals surface area contributed by atoms with Crippen LogP contribution in [0.2, 0.25) is 5.02 Å². The van der Waals surface area contributed by atoms with Gasteiger partial charge in [-0.25, -0.2) is 8.42 Å². The van der Waals surface area contributed by atoms with E-state index in [-0.39, 0.29) is 10.8 Å². The molecule has 0 saturated carbocycles. The number of anilines is 1. The summed E-state index contributed by atoms with van der Waals surface area (Å²) in [5, 5.41) is 0.606. The third kappa shape index (κ3) is 5.23. The van der Waals surface area contributed by atoms with Gasteiger partial charge < -0.3 is 4.90 Å². The molecule has 1 unspecified atom stereocenters. The van der Waals surface area contributed by atoms with E-state index in [1.165, 1.54) is 10.4 Å². The maximum Gasteiger partial charge on any atom is 0.264 e. The van der Waals surface area contributed by atoms with E-state index in [9.17, 15) is 13.2 Å². The number of fused-ring (bicyclic) bond motifs is 1. The number of carbonyl (C=O) groups is 1. The lowest BCUT2D eigenvalue weighted by molar-refractivity contribution is 0.0755. The molecule has 0 aromatic heterocycles. The van der Waals surface area contributed by atoms with Gasteiger partial charge in [0.1, 0.15) is 0 Å². The zero-order valence-corrected chi connectivity index (χ0v) is 23.9. The van der Waals surface area contributed by atoms with Gasteiger partial charge in [0.15, 0.2) is 0 Å². The lowest BCUT2D eigenvalue weighted by Crippen LogP contribution is -2.36. The molecule has 1 aliphatic rings. The predicted molar refractivity (Wildman–Crippen MR) is 155 cm³/mol. The number of sulfonamides is 1. The molecule has 5 rings (SSSR count). The molecule has 1 heterocycles. The number of para-hydroxylation sites is 1. The second-order valence-corrected chi connectivity index (χ2v) is 12.5. The fourth-order valence-electron chi connectivity index (χ4n) is 4.92. The first-order chi connectivity index (χ1) is 18.3. The number of nitrogens with zero attached hydrogens (tertiary/aromatic N) is 2. The molecule has 0 radical (unpaired) electrons. The summed E-state index contributed by atoms with van der Waals surface area (Å²) in [5.41, 5.74) is 3.82. The third-order valence-electron chi connectivity index (χ3n) is 6.82. The molecule has 0 fully saturated rings. The van der Waals surface area contributed by atoms with Gasteiger partial charge in [0.25, 0.3) is 15.9 Å². The van der Waals surface area contributed by atoms with E-state index in [0.717, 1.165) is 34.0 Å². The Kier molecular flexibility index (Phi) is 7.61. The molecule has 8 heteroatoms. The highest BCUT2D eigenvalue weighted by Gasteiger charge is 2.30. The van der Waals surface area contributed by atoms with E-state index in [4.69, 9.17) is 11.6 Å². The second kappa shape index (κ2) is 10.9. The maximum atomic E-state index is 13.8. The highest BCUT2D eigenvalue weighted by Crippen LogP contribution is 2.33. The smallest absolute Gasteiger partial charge is 0.264 e. The molecule has 0 N–H and O–H groups in total. The Labute approximate surface area is 236 Å². The van der Waals surface area contributed by atoms with Crippen LogP contribution in [0.15, 0.2) is 106 Å². The van der Waals surface area contributed by atoms with Crippen molar-refractivity contribution < 1.29 is 13.2 Å². The number of rotatable bonds is 6. The molecule has 4 aromatic carbocycles. The number of carbonyl (C=O) groups excluding carboxylic acids is 1. The first-order valence-corrected chi connectivity index (χ1v) is 14.9. The molecule has 4 aromatic rings. The van der Waals surface area contributed by atoms with Crippen LogP contribution in [-0.4, -0.2) is 32.8 Å². The number of hydrogen-bond acceptors (Lipinski definition) is 3. The van der Waals surface area contributed by atoms with Gasteiger partial charge in [-0.1, -0.05) is 76.1 Å². The Balaban J connectivity index is 1.50. The summed E-state index contributed by atoms with van der Waals surface area (Å²) in [7, 11) is -2.12. The second-order valence-electron chi connectivity index (χ2n) is 9.26. The van der Waals surface area contributed by atoms with Crippen molar-refractivity contribution in [3.63, 3.8) is 0 Å². The fourth-order valence-corrected chi connectivity index (χ4v) is 6.89. The lowest BCUT2D eigenvalue weighted by atomic mass is 9.97. The summed E-state index contributed by atoms with van der Waals surface area (Å²) < 4.78 is 29.8. The molecule has 194 valence electrons. The maximum absolute atomic E-state index is 13.8. The molecule has 0 saturated heterocycles. The van der Waals surface area contributed by atoms with Crippen molar-refractivity contribution in [2.24, 2.45) is 0 Å². The number of halogens is 2. The average molecular weight is 610 g/mol. The number of amides is 1. The van der Waals surface area contributed by atoms with Crippen LogP contribution in [-0.2, 0) is 16.4 Å². The summed E-state index contributed by atoms with van der Waals surface area (Å²) >= 11 is 9.60. The lowest BCUT2D eigenvalue weighted by Gasteiger charge is -2.31. The first-order valence-electron chi connectivity index (χ1n) is 12.2. The summed E-state index contributed by atoms with van der Waals surface area (Å²) in [6.45, 7) is 0.402. The first kappa shape index (κ1) is 26.5. The molecular weight excluding hydrogens is 584 g/mol. The summed E-state index contributed by atoms with van der Waals surface area (Å²) in [4.78, 5) is 15.5. The Morgan fingerprint density at radius 2 is 1.58 bits per heavy atom. The fraction of sp³-hybridized carbons (Fsp3) is 0.167. The largest absolute Gasteiger partial charge is 0.331 e. The van der Waals surface area contributed by atoms with Gasteiger partial charge in [-0.05, 0) is 78.1 Å². The SMILES string of the molecule is CN(C(=O)c1cccc(S(=O)(=O)N2CCCc3ccccc32)c1)C(c1ccc(Cl)cc1)c1ccc(Br)cc1. The predicted octanol–water partition coefficient (Wildman–Crippen LogP) is 7.11. The van der Waals surface area contributed by atoms with Crippen LogP contribution >= 0.6 is 27.5 Å². The van der Waals surface area contributed by atoms with Crippen LogP contribution in [0.3, 0.4) is 0 Å². The monoisotopic (exact) mass is 608 g/mol. The van der Waals surface area contributed by atoms with Gasteiger partial charge >= 0.3 is 0 Å². The highest BCUT2D eigenvalue weighted by atomic mass is 79.9. The van der Waals surface area contributed by atoms with Crippen LogP contribution in [0.5, 0.6) is 0 Å². The minimum atomic E-state index is -3.85. The van der Waals surface area contributed by atoms with Crippen LogP contribution in [0.4, 0.5) is 5.69 Å². The van der Waals surface area contributed by atoms with E-state index in [0.29, 0.717) is 22.8 Å².